The van der Waals surface area contributed by atoms with E-state index in [1.807, 2.05) is 19.1 Å². The highest BCUT2D eigenvalue weighted by atomic mass is 16.5. The number of ether oxygens (including phenoxy) is 1. The number of aromatic nitrogens is 1. The van der Waals surface area contributed by atoms with E-state index in [4.69, 9.17) is 10.00 Å². The molecule has 0 spiro atoms. The predicted molar refractivity (Wildman–Crippen MR) is 54.3 cm³/mol. The Labute approximate surface area is 81.9 Å². The molecule has 1 aromatic carbocycles. The van der Waals surface area contributed by atoms with Crippen LogP contribution in [0.1, 0.15) is 11.1 Å². The van der Waals surface area contributed by atoms with E-state index in [1.54, 1.807) is 13.3 Å². The third-order valence-electron chi connectivity index (χ3n) is 2.35. The summed E-state index contributed by atoms with van der Waals surface area (Å²) in [5.41, 5.74) is 2.64. The fourth-order valence-electron chi connectivity index (χ4n) is 1.65. The number of fused-ring (bicyclic) bond motifs is 1. The maximum absolute atomic E-state index is 8.90. The summed E-state index contributed by atoms with van der Waals surface area (Å²) in [6.45, 7) is 1.98. The fraction of sp³-hybridized carbons (Fsp3) is 0.182. The normalized spacial score (nSPS) is 10.1. The summed E-state index contributed by atoms with van der Waals surface area (Å²) in [5.74, 6) is 0.770. The zero-order valence-electron chi connectivity index (χ0n) is 8.09. The van der Waals surface area contributed by atoms with Crippen LogP contribution in [-0.4, -0.2) is 12.1 Å². The summed E-state index contributed by atoms with van der Waals surface area (Å²) in [5, 5.41) is 9.85. The van der Waals surface area contributed by atoms with Gasteiger partial charge in [0.2, 0.25) is 0 Å². The third kappa shape index (κ3) is 1.05. The van der Waals surface area contributed by atoms with Crippen molar-refractivity contribution in [3.8, 4) is 11.8 Å². The van der Waals surface area contributed by atoms with Gasteiger partial charge in [0.05, 0.1) is 18.2 Å². The SMILES string of the molecule is COc1ccc(C)c2c(C#N)c[nH]c12. The van der Waals surface area contributed by atoms with Gasteiger partial charge in [0.1, 0.15) is 11.8 Å². The van der Waals surface area contributed by atoms with Crippen molar-refractivity contribution in [2.45, 2.75) is 6.92 Å². The average molecular weight is 186 g/mol. The highest BCUT2D eigenvalue weighted by Crippen LogP contribution is 2.29. The number of nitrogens with zero attached hydrogens (tertiary/aromatic N) is 1. The van der Waals surface area contributed by atoms with Crippen molar-refractivity contribution in [3.63, 3.8) is 0 Å². The molecule has 70 valence electrons. The summed E-state index contributed by atoms with van der Waals surface area (Å²) in [6, 6.07) is 6.01. The van der Waals surface area contributed by atoms with Crippen molar-refractivity contribution in [1.82, 2.24) is 4.98 Å². The van der Waals surface area contributed by atoms with Crippen LogP contribution in [0.15, 0.2) is 18.3 Å². The first-order chi connectivity index (χ1) is 6.77. The van der Waals surface area contributed by atoms with Gasteiger partial charge < -0.3 is 9.72 Å². The smallest absolute Gasteiger partial charge is 0.142 e. The lowest BCUT2D eigenvalue weighted by Gasteiger charge is -2.03. The van der Waals surface area contributed by atoms with E-state index in [0.29, 0.717) is 5.56 Å². The molecule has 1 heterocycles. The Bertz CT molecular complexity index is 520. The van der Waals surface area contributed by atoms with Crippen LogP contribution in [0.3, 0.4) is 0 Å². The van der Waals surface area contributed by atoms with Gasteiger partial charge in [-0.15, -0.1) is 0 Å². The van der Waals surface area contributed by atoms with E-state index >= 15 is 0 Å². The Kier molecular flexibility index (Phi) is 1.90. The summed E-state index contributed by atoms with van der Waals surface area (Å²) in [7, 11) is 1.62. The molecule has 0 aliphatic rings. The number of aromatic amines is 1. The van der Waals surface area contributed by atoms with Crippen molar-refractivity contribution in [1.29, 1.82) is 5.26 Å². The molecule has 0 amide bonds. The Balaban J connectivity index is 2.89. The molecule has 0 saturated heterocycles. The van der Waals surface area contributed by atoms with Crippen LogP contribution in [0.5, 0.6) is 5.75 Å². The molecular weight excluding hydrogens is 176 g/mol. The number of aryl methyl sites for hydroxylation is 1. The van der Waals surface area contributed by atoms with Gasteiger partial charge in [0.15, 0.2) is 0 Å². The van der Waals surface area contributed by atoms with Crippen LogP contribution < -0.4 is 4.74 Å². The number of nitrogens with one attached hydrogen (secondary N) is 1. The molecule has 0 fully saturated rings. The van der Waals surface area contributed by atoms with Crippen molar-refractivity contribution in [2.24, 2.45) is 0 Å². The number of nitriles is 1. The zero-order valence-corrected chi connectivity index (χ0v) is 8.09. The fourth-order valence-corrected chi connectivity index (χ4v) is 1.65. The monoisotopic (exact) mass is 186 g/mol. The molecule has 1 aromatic heterocycles. The Morgan fingerprint density at radius 1 is 1.43 bits per heavy atom. The van der Waals surface area contributed by atoms with Crippen LogP contribution in [0.2, 0.25) is 0 Å². The molecule has 1 N–H and O–H groups in total. The predicted octanol–water partition coefficient (Wildman–Crippen LogP) is 2.36. The second kappa shape index (κ2) is 3.08. The van der Waals surface area contributed by atoms with Crippen LogP contribution >= 0.6 is 0 Å². The van der Waals surface area contributed by atoms with E-state index in [-0.39, 0.29) is 0 Å². The summed E-state index contributed by atoms with van der Waals surface area (Å²) < 4.78 is 5.20. The molecule has 2 rings (SSSR count). The van der Waals surface area contributed by atoms with Gasteiger partial charge in [-0.3, -0.25) is 0 Å². The molecule has 3 nitrogen and oxygen atoms in total. The van der Waals surface area contributed by atoms with Crippen molar-refractivity contribution < 1.29 is 4.74 Å². The molecule has 0 saturated carbocycles. The Morgan fingerprint density at radius 3 is 2.86 bits per heavy atom. The van der Waals surface area contributed by atoms with Gasteiger partial charge in [-0.1, -0.05) is 6.07 Å². The van der Waals surface area contributed by atoms with Crippen molar-refractivity contribution >= 4 is 10.9 Å². The minimum atomic E-state index is 0.663. The molecule has 0 aliphatic heterocycles. The largest absolute Gasteiger partial charge is 0.495 e. The summed E-state index contributed by atoms with van der Waals surface area (Å²) in [6.07, 6.45) is 1.71. The molecule has 0 radical (unpaired) electrons. The standard InChI is InChI=1S/C11H10N2O/c1-7-3-4-9(14-2)11-10(7)8(5-12)6-13-11/h3-4,6,13H,1-2H3. The molecular formula is C11H10N2O. The molecule has 2 aromatic rings. The number of hydrogen-bond donors (Lipinski definition) is 1. The van der Waals surface area contributed by atoms with Crippen molar-refractivity contribution in [3.05, 3.63) is 29.5 Å². The maximum atomic E-state index is 8.90. The number of rotatable bonds is 1. The van der Waals surface area contributed by atoms with Crippen LogP contribution in [-0.2, 0) is 0 Å². The first-order valence-corrected chi connectivity index (χ1v) is 4.32. The first kappa shape index (κ1) is 8.64. The molecule has 3 heteroatoms. The number of methoxy groups -OCH3 is 1. The summed E-state index contributed by atoms with van der Waals surface area (Å²) in [4.78, 5) is 3.05. The molecule has 0 unspecified atom stereocenters. The van der Waals surface area contributed by atoms with Gasteiger partial charge >= 0.3 is 0 Å². The minimum absolute atomic E-state index is 0.663. The van der Waals surface area contributed by atoms with Gasteiger partial charge in [-0.2, -0.15) is 5.26 Å². The van der Waals surface area contributed by atoms with E-state index < -0.39 is 0 Å². The Hall–Kier alpha value is -1.95. The zero-order chi connectivity index (χ0) is 10.1. The highest BCUT2D eigenvalue weighted by molar-refractivity contribution is 5.92. The number of benzene rings is 1. The van der Waals surface area contributed by atoms with Gasteiger partial charge in [0.25, 0.3) is 0 Å². The summed E-state index contributed by atoms with van der Waals surface area (Å²) >= 11 is 0. The van der Waals surface area contributed by atoms with Crippen LogP contribution in [0, 0.1) is 18.3 Å². The highest BCUT2D eigenvalue weighted by Gasteiger charge is 2.09. The Morgan fingerprint density at radius 2 is 2.21 bits per heavy atom. The second-order valence-electron chi connectivity index (χ2n) is 3.15. The minimum Gasteiger partial charge on any atom is -0.495 e. The quantitative estimate of drug-likeness (QED) is 0.743. The van der Waals surface area contributed by atoms with Crippen LogP contribution in [0.25, 0.3) is 10.9 Å². The lowest BCUT2D eigenvalue weighted by Crippen LogP contribution is -1.85. The molecule has 0 atom stereocenters. The lowest BCUT2D eigenvalue weighted by molar-refractivity contribution is 0.419. The van der Waals surface area contributed by atoms with Gasteiger partial charge in [-0.05, 0) is 18.6 Å². The molecule has 0 aliphatic carbocycles. The van der Waals surface area contributed by atoms with Gasteiger partial charge in [-0.25, -0.2) is 0 Å². The number of H-pyrrole nitrogens is 1. The van der Waals surface area contributed by atoms with Crippen LogP contribution in [0.4, 0.5) is 0 Å². The van der Waals surface area contributed by atoms with Crippen molar-refractivity contribution in [2.75, 3.05) is 7.11 Å². The van der Waals surface area contributed by atoms with E-state index in [9.17, 15) is 0 Å². The first-order valence-electron chi connectivity index (χ1n) is 4.32. The van der Waals surface area contributed by atoms with E-state index in [2.05, 4.69) is 11.1 Å². The lowest BCUT2D eigenvalue weighted by atomic mass is 10.1. The van der Waals surface area contributed by atoms with E-state index in [0.717, 1.165) is 22.2 Å². The van der Waals surface area contributed by atoms with E-state index in [1.165, 1.54) is 0 Å². The maximum Gasteiger partial charge on any atom is 0.142 e. The third-order valence-corrected chi connectivity index (χ3v) is 2.35. The van der Waals surface area contributed by atoms with Gasteiger partial charge in [0, 0.05) is 11.6 Å². The second-order valence-corrected chi connectivity index (χ2v) is 3.15. The molecule has 14 heavy (non-hydrogen) atoms. The number of hydrogen-bond acceptors (Lipinski definition) is 2. The molecule has 0 bridgehead atoms. The average Bonchev–Trinajstić information content (AvgIpc) is 2.63. The topological polar surface area (TPSA) is 48.8 Å².